The summed E-state index contributed by atoms with van der Waals surface area (Å²) in [7, 11) is 3.19. The molecule has 0 bridgehead atoms. The molecule has 7 heteroatoms. The minimum Gasteiger partial charge on any atom is -0.505 e. The number of anilines is 1. The Bertz CT molecular complexity index is 1060. The first-order valence-corrected chi connectivity index (χ1v) is 9.82. The van der Waals surface area contributed by atoms with E-state index in [9.17, 15) is 14.7 Å². The van der Waals surface area contributed by atoms with Gasteiger partial charge in [0.2, 0.25) is 5.91 Å². The summed E-state index contributed by atoms with van der Waals surface area (Å²) in [5.41, 5.74) is 0.716. The molecule has 2 aromatic carbocycles. The van der Waals surface area contributed by atoms with Crippen LogP contribution >= 0.6 is 0 Å². The zero-order valence-electron chi connectivity index (χ0n) is 17.8. The molecular formula is C23H28N2O5. The molecule has 3 rings (SSSR count). The fourth-order valence-electron chi connectivity index (χ4n) is 2.95. The summed E-state index contributed by atoms with van der Waals surface area (Å²) < 4.78 is 11.9. The molecule has 30 heavy (non-hydrogen) atoms. The standard InChI is InChI=1S/C21H22N2O5.C2H6/c1-23-17-9-4-3-8-16(17)20(25)19(21(23)26)22-18(24)13-14-6-5-7-15(12-14)28-11-10-27-2;1-2/h3-9,12,25H,10-11,13H2,1-2H3,(H,22,24);1-2H3. The monoisotopic (exact) mass is 412 g/mol. The van der Waals surface area contributed by atoms with E-state index in [0.29, 0.717) is 29.9 Å². The van der Waals surface area contributed by atoms with Crippen LogP contribution in [0.4, 0.5) is 5.69 Å². The van der Waals surface area contributed by atoms with Crippen molar-refractivity contribution in [2.45, 2.75) is 20.3 Å². The molecule has 0 aliphatic carbocycles. The number of nitrogens with zero attached hydrogens (tertiary/aromatic N) is 1. The SMILES string of the molecule is CC.COCCOc1cccc(CC(=O)Nc2c(O)c3ccccc3n(C)c2=O)c1. The van der Waals surface area contributed by atoms with Crippen LogP contribution in [0.25, 0.3) is 10.9 Å². The average Bonchev–Trinajstić information content (AvgIpc) is 2.77. The lowest BCUT2D eigenvalue weighted by Gasteiger charge is -2.13. The Labute approximate surface area is 175 Å². The molecule has 0 saturated heterocycles. The first-order chi connectivity index (χ1) is 14.5. The van der Waals surface area contributed by atoms with Crippen molar-refractivity contribution in [3.63, 3.8) is 0 Å². The molecule has 0 aliphatic rings. The second kappa shape index (κ2) is 11.0. The second-order valence-corrected chi connectivity index (χ2v) is 6.32. The Morgan fingerprint density at radius 2 is 1.83 bits per heavy atom. The van der Waals surface area contributed by atoms with Gasteiger partial charge in [-0.1, -0.05) is 38.1 Å². The van der Waals surface area contributed by atoms with Crippen molar-refractivity contribution in [3.05, 3.63) is 64.4 Å². The Kier molecular flexibility index (Phi) is 8.43. The van der Waals surface area contributed by atoms with Crippen molar-refractivity contribution in [2.24, 2.45) is 7.05 Å². The maximum absolute atomic E-state index is 12.5. The molecule has 1 heterocycles. The fourth-order valence-corrected chi connectivity index (χ4v) is 2.95. The number of hydrogen-bond donors (Lipinski definition) is 2. The molecule has 0 atom stereocenters. The van der Waals surface area contributed by atoms with Crippen LogP contribution in [0.1, 0.15) is 19.4 Å². The van der Waals surface area contributed by atoms with Crippen LogP contribution < -0.4 is 15.6 Å². The predicted octanol–water partition coefficient (Wildman–Crippen LogP) is 3.48. The number of para-hydroxylation sites is 1. The van der Waals surface area contributed by atoms with Crippen molar-refractivity contribution in [2.75, 3.05) is 25.6 Å². The lowest BCUT2D eigenvalue weighted by Crippen LogP contribution is -2.25. The molecule has 0 radical (unpaired) electrons. The second-order valence-electron chi connectivity index (χ2n) is 6.32. The van der Waals surface area contributed by atoms with Crippen molar-refractivity contribution < 1.29 is 19.4 Å². The molecule has 160 valence electrons. The van der Waals surface area contributed by atoms with E-state index in [1.807, 2.05) is 13.8 Å². The van der Waals surface area contributed by atoms with E-state index in [2.05, 4.69) is 5.32 Å². The molecule has 0 spiro atoms. The van der Waals surface area contributed by atoms with Gasteiger partial charge in [-0.05, 0) is 29.8 Å². The van der Waals surface area contributed by atoms with E-state index >= 15 is 0 Å². The number of benzene rings is 2. The number of methoxy groups -OCH3 is 1. The zero-order chi connectivity index (χ0) is 22.1. The summed E-state index contributed by atoms with van der Waals surface area (Å²) in [6.45, 7) is 4.88. The van der Waals surface area contributed by atoms with E-state index in [4.69, 9.17) is 9.47 Å². The maximum atomic E-state index is 12.5. The highest BCUT2D eigenvalue weighted by Gasteiger charge is 2.17. The molecule has 0 aliphatic heterocycles. The Morgan fingerprint density at radius 3 is 2.57 bits per heavy atom. The number of aromatic nitrogens is 1. The van der Waals surface area contributed by atoms with Gasteiger partial charge in [-0.2, -0.15) is 0 Å². The van der Waals surface area contributed by atoms with Crippen LogP contribution in [0.3, 0.4) is 0 Å². The van der Waals surface area contributed by atoms with Gasteiger partial charge in [-0.15, -0.1) is 0 Å². The smallest absolute Gasteiger partial charge is 0.278 e. The van der Waals surface area contributed by atoms with Crippen molar-refractivity contribution in [3.8, 4) is 11.5 Å². The number of pyridine rings is 1. The van der Waals surface area contributed by atoms with Gasteiger partial charge in [0.05, 0.1) is 18.5 Å². The van der Waals surface area contributed by atoms with E-state index in [0.717, 1.165) is 5.56 Å². The van der Waals surface area contributed by atoms with Gasteiger partial charge >= 0.3 is 0 Å². The first-order valence-electron chi connectivity index (χ1n) is 9.82. The summed E-state index contributed by atoms with van der Waals surface area (Å²) in [5.74, 6) is -0.00719. The summed E-state index contributed by atoms with van der Waals surface area (Å²) in [4.78, 5) is 25.0. The number of fused-ring (bicyclic) bond motifs is 1. The topological polar surface area (TPSA) is 89.8 Å². The average molecular weight is 412 g/mol. The number of hydrogen-bond acceptors (Lipinski definition) is 5. The largest absolute Gasteiger partial charge is 0.505 e. The third-order valence-corrected chi connectivity index (χ3v) is 4.36. The number of rotatable bonds is 7. The minimum atomic E-state index is -0.471. The van der Waals surface area contributed by atoms with Gasteiger partial charge < -0.3 is 24.5 Å². The maximum Gasteiger partial charge on any atom is 0.278 e. The third-order valence-electron chi connectivity index (χ3n) is 4.36. The quantitative estimate of drug-likeness (QED) is 0.580. The lowest BCUT2D eigenvalue weighted by atomic mass is 10.1. The third kappa shape index (κ3) is 5.39. The van der Waals surface area contributed by atoms with Crippen LogP contribution in [0.5, 0.6) is 11.5 Å². The van der Waals surface area contributed by atoms with Crippen LogP contribution in [-0.4, -0.2) is 35.9 Å². The molecule has 3 aromatic rings. The van der Waals surface area contributed by atoms with Gasteiger partial charge in [0.25, 0.3) is 5.56 Å². The molecule has 0 fully saturated rings. The van der Waals surface area contributed by atoms with Crippen molar-refractivity contribution in [1.29, 1.82) is 0 Å². The van der Waals surface area contributed by atoms with E-state index < -0.39 is 11.5 Å². The van der Waals surface area contributed by atoms with Gasteiger partial charge in [0.15, 0.2) is 11.4 Å². The number of amides is 1. The number of nitrogens with one attached hydrogen (secondary N) is 1. The van der Waals surface area contributed by atoms with E-state index in [1.165, 1.54) is 4.57 Å². The van der Waals surface area contributed by atoms with Gasteiger partial charge in [0, 0.05) is 19.5 Å². The van der Waals surface area contributed by atoms with Crippen LogP contribution in [0, 0.1) is 0 Å². The predicted molar refractivity (Wildman–Crippen MR) is 118 cm³/mol. The number of aryl methyl sites for hydroxylation is 1. The van der Waals surface area contributed by atoms with Crippen molar-refractivity contribution in [1.82, 2.24) is 4.57 Å². The van der Waals surface area contributed by atoms with Crippen LogP contribution in [0.2, 0.25) is 0 Å². The van der Waals surface area contributed by atoms with Gasteiger partial charge in [0.1, 0.15) is 12.4 Å². The number of carbonyl (C=O) groups is 1. The van der Waals surface area contributed by atoms with E-state index in [-0.39, 0.29) is 17.9 Å². The summed E-state index contributed by atoms with van der Waals surface area (Å²) in [5, 5.41) is 13.5. The fraction of sp³-hybridized carbons (Fsp3) is 0.304. The summed E-state index contributed by atoms with van der Waals surface area (Å²) in [6, 6.07) is 14.1. The number of carbonyl (C=O) groups excluding carboxylic acids is 1. The highest BCUT2D eigenvalue weighted by molar-refractivity contribution is 5.98. The molecular weight excluding hydrogens is 384 g/mol. The molecule has 2 N–H and O–H groups in total. The molecule has 1 amide bonds. The van der Waals surface area contributed by atoms with Gasteiger partial charge in [-0.25, -0.2) is 0 Å². The number of aromatic hydroxyl groups is 1. The van der Waals surface area contributed by atoms with Gasteiger partial charge in [-0.3, -0.25) is 9.59 Å². The van der Waals surface area contributed by atoms with E-state index in [1.54, 1.807) is 62.7 Å². The lowest BCUT2D eigenvalue weighted by molar-refractivity contribution is -0.115. The Hall–Kier alpha value is -3.32. The Balaban J connectivity index is 0.00000155. The van der Waals surface area contributed by atoms with Crippen LogP contribution in [-0.2, 0) is 23.0 Å². The van der Waals surface area contributed by atoms with Crippen molar-refractivity contribution >= 4 is 22.5 Å². The normalized spacial score (nSPS) is 10.3. The van der Waals surface area contributed by atoms with Crippen LogP contribution in [0.15, 0.2) is 53.3 Å². The first kappa shape index (κ1) is 23.0. The molecule has 0 saturated carbocycles. The number of ether oxygens (including phenoxy) is 2. The minimum absolute atomic E-state index is 0.0386. The molecule has 1 aromatic heterocycles. The molecule has 7 nitrogen and oxygen atoms in total. The Morgan fingerprint density at radius 1 is 1.10 bits per heavy atom. The highest BCUT2D eigenvalue weighted by Crippen LogP contribution is 2.29. The molecule has 0 unspecified atom stereocenters. The summed E-state index contributed by atoms with van der Waals surface area (Å²) >= 11 is 0. The summed E-state index contributed by atoms with van der Waals surface area (Å²) in [6.07, 6.45) is 0.0386. The highest BCUT2D eigenvalue weighted by atomic mass is 16.5. The zero-order valence-corrected chi connectivity index (χ0v) is 17.8.